The Kier molecular flexibility index (Phi) is 2.64. The summed E-state index contributed by atoms with van der Waals surface area (Å²) < 4.78 is 0. The molecule has 1 aromatic heterocycles. The smallest absolute Gasteiger partial charge is 0.288 e. The Balaban J connectivity index is 2.26. The van der Waals surface area contributed by atoms with Crippen LogP contribution in [0.4, 0.5) is 4.79 Å². The van der Waals surface area contributed by atoms with Gasteiger partial charge in [0.1, 0.15) is 0 Å². The molecular weight excluding hydrogens is 210 g/mol. The van der Waals surface area contributed by atoms with Crippen molar-refractivity contribution >= 4 is 28.0 Å². The zero-order chi connectivity index (χ0) is 10.8. The Morgan fingerprint density at radius 1 is 1.40 bits per heavy atom. The van der Waals surface area contributed by atoms with Crippen LogP contribution in [0.15, 0.2) is 29.4 Å². The van der Waals surface area contributed by atoms with Crippen LogP contribution in [0, 0.1) is 0 Å². The van der Waals surface area contributed by atoms with Crippen LogP contribution in [0.1, 0.15) is 0 Å². The first-order chi connectivity index (χ1) is 7.16. The average Bonchev–Trinajstić information content (AvgIpc) is 2.59. The van der Waals surface area contributed by atoms with Gasteiger partial charge in [0.15, 0.2) is 5.16 Å². The largest absolute Gasteiger partial charge is 0.339 e. The van der Waals surface area contributed by atoms with Gasteiger partial charge in [-0.3, -0.25) is 4.79 Å². The molecule has 5 heteroatoms. The third-order valence-corrected chi connectivity index (χ3v) is 2.84. The SMILES string of the molecule is CN(C)C(=O)Sc1nc2ccccc2[nH]1. The number of amides is 1. The molecule has 1 amide bonds. The van der Waals surface area contributed by atoms with Crippen LogP contribution in [-0.2, 0) is 0 Å². The first-order valence-corrected chi connectivity index (χ1v) is 5.32. The Hall–Kier alpha value is -1.49. The van der Waals surface area contributed by atoms with E-state index in [0.717, 1.165) is 22.8 Å². The molecular formula is C10H11N3OS. The molecule has 0 spiro atoms. The minimum absolute atomic E-state index is 0.0333. The second kappa shape index (κ2) is 3.94. The van der Waals surface area contributed by atoms with Crippen molar-refractivity contribution in [3.8, 4) is 0 Å². The van der Waals surface area contributed by atoms with Crippen LogP contribution in [0.2, 0.25) is 0 Å². The number of imidazole rings is 1. The van der Waals surface area contributed by atoms with E-state index in [1.54, 1.807) is 14.1 Å². The lowest BCUT2D eigenvalue weighted by Gasteiger charge is -2.06. The van der Waals surface area contributed by atoms with Gasteiger partial charge in [0.2, 0.25) is 0 Å². The van der Waals surface area contributed by atoms with E-state index in [9.17, 15) is 4.79 Å². The number of hydrogen-bond acceptors (Lipinski definition) is 3. The summed E-state index contributed by atoms with van der Waals surface area (Å²) in [4.78, 5) is 20.3. The summed E-state index contributed by atoms with van der Waals surface area (Å²) in [5.74, 6) is 0. The number of thioether (sulfide) groups is 1. The maximum atomic E-state index is 11.4. The highest BCUT2D eigenvalue weighted by atomic mass is 32.2. The fraction of sp³-hybridized carbons (Fsp3) is 0.200. The van der Waals surface area contributed by atoms with E-state index in [1.807, 2.05) is 24.3 Å². The maximum absolute atomic E-state index is 11.4. The quantitative estimate of drug-likeness (QED) is 0.752. The summed E-state index contributed by atoms with van der Waals surface area (Å²) >= 11 is 1.10. The van der Waals surface area contributed by atoms with Crippen molar-refractivity contribution in [2.24, 2.45) is 0 Å². The van der Waals surface area contributed by atoms with Gasteiger partial charge in [-0.25, -0.2) is 4.98 Å². The molecule has 0 saturated heterocycles. The molecule has 0 fully saturated rings. The molecule has 0 saturated carbocycles. The summed E-state index contributed by atoms with van der Waals surface area (Å²) in [6.45, 7) is 0. The highest BCUT2D eigenvalue weighted by Crippen LogP contribution is 2.20. The fourth-order valence-corrected chi connectivity index (χ4v) is 1.80. The highest BCUT2D eigenvalue weighted by Gasteiger charge is 2.10. The Labute approximate surface area is 91.7 Å². The fourth-order valence-electron chi connectivity index (χ4n) is 1.15. The third-order valence-electron chi connectivity index (χ3n) is 1.92. The number of benzene rings is 1. The molecule has 0 unspecified atom stereocenters. The van der Waals surface area contributed by atoms with Crippen molar-refractivity contribution in [1.29, 1.82) is 0 Å². The predicted molar refractivity (Wildman–Crippen MR) is 61.0 cm³/mol. The second-order valence-corrected chi connectivity index (χ2v) is 4.26. The molecule has 2 aromatic rings. The van der Waals surface area contributed by atoms with Gasteiger partial charge in [-0.1, -0.05) is 12.1 Å². The highest BCUT2D eigenvalue weighted by molar-refractivity contribution is 8.13. The van der Waals surface area contributed by atoms with E-state index in [-0.39, 0.29) is 5.24 Å². The van der Waals surface area contributed by atoms with Crippen LogP contribution in [0.3, 0.4) is 0 Å². The number of aromatic amines is 1. The number of hydrogen-bond donors (Lipinski definition) is 1. The van der Waals surface area contributed by atoms with Gasteiger partial charge in [0.05, 0.1) is 11.0 Å². The molecule has 1 aromatic carbocycles. The summed E-state index contributed by atoms with van der Waals surface area (Å²) in [6, 6.07) is 7.71. The Morgan fingerprint density at radius 3 is 2.80 bits per heavy atom. The minimum Gasteiger partial charge on any atom is -0.339 e. The topological polar surface area (TPSA) is 49.0 Å². The zero-order valence-electron chi connectivity index (χ0n) is 8.52. The molecule has 0 bridgehead atoms. The second-order valence-electron chi connectivity index (χ2n) is 3.32. The lowest BCUT2D eigenvalue weighted by atomic mass is 10.3. The van der Waals surface area contributed by atoms with Gasteiger partial charge in [0.25, 0.3) is 5.24 Å². The standard InChI is InChI=1S/C10H11N3OS/c1-13(2)10(14)15-9-11-7-5-3-4-6-8(7)12-9/h3-6H,1-2H3,(H,11,12). The van der Waals surface area contributed by atoms with Crippen molar-refractivity contribution in [3.05, 3.63) is 24.3 Å². The number of nitrogens with zero attached hydrogens (tertiary/aromatic N) is 2. The van der Waals surface area contributed by atoms with Crippen molar-refractivity contribution in [3.63, 3.8) is 0 Å². The molecule has 0 aliphatic heterocycles. The molecule has 4 nitrogen and oxygen atoms in total. The minimum atomic E-state index is -0.0333. The maximum Gasteiger partial charge on any atom is 0.288 e. The molecule has 0 radical (unpaired) electrons. The number of para-hydroxylation sites is 2. The van der Waals surface area contributed by atoms with E-state index in [4.69, 9.17) is 0 Å². The van der Waals surface area contributed by atoms with E-state index in [1.165, 1.54) is 4.90 Å². The summed E-state index contributed by atoms with van der Waals surface area (Å²) in [5.41, 5.74) is 1.83. The van der Waals surface area contributed by atoms with Crippen LogP contribution in [0.5, 0.6) is 0 Å². The van der Waals surface area contributed by atoms with Crippen LogP contribution < -0.4 is 0 Å². The normalized spacial score (nSPS) is 10.5. The number of fused-ring (bicyclic) bond motifs is 1. The van der Waals surface area contributed by atoms with Gasteiger partial charge < -0.3 is 9.88 Å². The van der Waals surface area contributed by atoms with E-state index in [2.05, 4.69) is 9.97 Å². The van der Waals surface area contributed by atoms with Crippen molar-refractivity contribution < 1.29 is 4.79 Å². The third kappa shape index (κ3) is 2.12. The van der Waals surface area contributed by atoms with Crippen molar-refractivity contribution in [1.82, 2.24) is 14.9 Å². The molecule has 0 aliphatic rings. The van der Waals surface area contributed by atoms with Gasteiger partial charge in [-0.15, -0.1) is 0 Å². The van der Waals surface area contributed by atoms with Crippen molar-refractivity contribution in [2.45, 2.75) is 5.16 Å². The molecule has 1 N–H and O–H groups in total. The number of rotatable bonds is 1. The van der Waals surface area contributed by atoms with E-state index < -0.39 is 0 Å². The van der Waals surface area contributed by atoms with Gasteiger partial charge in [-0.2, -0.15) is 0 Å². The molecule has 15 heavy (non-hydrogen) atoms. The van der Waals surface area contributed by atoms with Gasteiger partial charge in [0, 0.05) is 25.9 Å². The summed E-state index contributed by atoms with van der Waals surface area (Å²) in [6.07, 6.45) is 0. The lowest BCUT2D eigenvalue weighted by molar-refractivity contribution is 0.241. The van der Waals surface area contributed by atoms with Crippen LogP contribution >= 0.6 is 11.8 Å². The molecule has 1 heterocycles. The van der Waals surface area contributed by atoms with Gasteiger partial charge >= 0.3 is 0 Å². The number of carbonyl (C=O) groups excluding carboxylic acids is 1. The molecule has 0 aliphatic carbocycles. The summed E-state index contributed by atoms with van der Waals surface area (Å²) in [7, 11) is 3.44. The first-order valence-electron chi connectivity index (χ1n) is 4.50. The Bertz CT molecular complexity index is 459. The average molecular weight is 221 g/mol. The summed E-state index contributed by atoms with van der Waals surface area (Å²) in [5, 5.41) is 0.601. The molecule has 2 rings (SSSR count). The number of aromatic nitrogens is 2. The lowest BCUT2D eigenvalue weighted by Crippen LogP contribution is -2.16. The monoisotopic (exact) mass is 221 g/mol. The van der Waals surface area contributed by atoms with Gasteiger partial charge in [-0.05, 0) is 12.1 Å². The number of nitrogens with one attached hydrogen (secondary N) is 1. The zero-order valence-corrected chi connectivity index (χ0v) is 9.34. The van der Waals surface area contributed by atoms with Crippen molar-refractivity contribution in [2.75, 3.05) is 14.1 Å². The Morgan fingerprint density at radius 2 is 2.13 bits per heavy atom. The van der Waals surface area contributed by atoms with Crippen LogP contribution in [0.25, 0.3) is 11.0 Å². The van der Waals surface area contributed by atoms with E-state index in [0.29, 0.717) is 5.16 Å². The molecule has 0 atom stereocenters. The predicted octanol–water partition coefficient (Wildman–Crippen LogP) is 2.34. The first kappa shape index (κ1) is 10.0. The number of H-pyrrole nitrogens is 1. The molecule has 78 valence electrons. The van der Waals surface area contributed by atoms with E-state index >= 15 is 0 Å². The van der Waals surface area contributed by atoms with Crippen LogP contribution in [-0.4, -0.2) is 34.2 Å². The number of carbonyl (C=O) groups is 1.